The van der Waals surface area contributed by atoms with Crippen LogP contribution in [0.5, 0.6) is 0 Å². The van der Waals surface area contributed by atoms with Gasteiger partial charge in [0, 0.05) is 26.2 Å². The van der Waals surface area contributed by atoms with Crippen LogP contribution in [0.25, 0.3) is 0 Å². The van der Waals surface area contributed by atoms with Crippen molar-refractivity contribution in [2.24, 2.45) is 17.3 Å². The van der Waals surface area contributed by atoms with Crippen LogP contribution in [0.1, 0.15) is 45.4 Å². The molecule has 1 spiro atoms. The molecule has 0 bridgehead atoms. The van der Waals surface area contributed by atoms with Crippen molar-refractivity contribution in [1.82, 2.24) is 10.2 Å². The Bertz CT molecular complexity index is 369. The molecule has 2 N–H and O–H groups in total. The summed E-state index contributed by atoms with van der Waals surface area (Å²) in [4.78, 5) is 23.0. The average Bonchev–Trinajstić information content (AvgIpc) is 2.97. The molecule has 0 unspecified atom stereocenters. The Hall–Kier alpha value is -1.10. The number of hydrogen-bond donors (Lipinski definition) is 2. The molecule has 1 aliphatic carbocycles. The lowest BCUT2D eigenvalue weighted by molar-refractivity contribution is -0.128. The Balaban J connectivity index is 0.000000497. The van der Waals surface area contributed by atoms with Gasteiger partial charge in [0.2, 0.25) is 5.91 Å². The predicted octanol–water partition coefficient (Wildman–Crippen LogP) is 1.73. The summed E-state index contributed by atoms with van der Waals surface area (Å²) in [6.45, 7) is 6.28. The van der Waals surface area contributed by atoms with Gasteiger partial charge in [-0.2, -0.15) is 0 Å². The average molecular weight is 296 g/mol. The second kappa shape index (κ2) is 7.25. The summed E-state index contributed by atoms with van der Waals surface area (Å²) in [6.07, 6.45) is 8.13. The Morgan fingerprint density at radius 3 is 2.62 bits per heavy atom. The Morgan fingerprint density at radius 1 is 1.38 bits per heavy atom. The van der Waals surface area contributed by atoms with Gasteiger partial charge in [0.1, 0.15) is 0 Å². The summed E-state index contributed by atoms with van der Waals surface area (Å²) in [5.41, 5.74) is -0.0470. The summed E-state index contributed by atoms with van der Waals surface area (Å²) in [7, 11) is 0. The van der Waals surface area contributed by atoms with E-state index in [1.54, 1.807) is 0 Å². The summed E-state index contributed by atoms with van der Waals surface area (Å²) in [5, 5.41) is 9.93. The minimum Gasteiger partial charge on any atom is -0.483 e. The van der Waals surface area contributed by atoms with Crippen LogP contribution < -0.4 is 5.32 Å². The number of carbonyl (C=O) groups excluding carboxylic acids is 1. The molecule has 0 radical (unpaired) electrons. The van der Waals surface area contributed by atoms with Crippen LogP contribution in [-0.4, -0.2) is 48.6 Å². The molecule has 2 aliphatic heterocycles. The van der Waals surface area contributed by atoms with Gasteiger partial charge in [0.05, 0.1) is 5.41 Å². The lowest BCUT2D eigenvalue weighted by Gasteiger charge is -2.28. The Kier molecular flexibility index (Phi) is 5.62. The van der Waals surface area contributed by atoms with E-state index in [-0.39, 0.29) is 11.9 Å². The monoisotopic (exact) mass is 296 g/mol. The second-order valence-corrected chi connectivity index (χ2v) is 6.87. The first-order valence-electron chi connectivity index (χ1n) is 8.21. The quantitative estimate of drug-likeness (QED) is 0.761. The summed E-state index contributed by atoms with van der Waals surface area (Å²) in [6, 6.07) is 0. The van der Waals surface area contributed by atoms with Crippen LogP contribution in [-0.2, 0) is 9.59 Å². The number of nitrogens with zero attached hydrogens (tertiary/aromatic N) is 1. The van der Waals surface area contributed by atoms with Crippen LogP contribution in [0.4, 0.5) is 0 Å². The molecule has 1 saturated carbocycles. The maximum Gasteiger partial charge on any atom is 0.290 e. The first-order valence-corrected chi connectivity index (χ1v) is 8.21. The van der Waals surface area contributed by atoms with Gasteiger partial charge >= 0.3 is 0 Å². The van der Waals surface area contributed by atoms with Crippen molar-refractivity contribution < 1.29 is 14.7 Å². The zero-order chi connectivity index (χ0) is 15.3. The highest BCUT2D eigenvalue weighted by Gasteiger charge is 2.52. The highest BCUT2D eigenvalue weighted by molar-refractivity contribution is 5.85. The van der Waals surface area contributed by atoms with Gasteiger partial charge in [-0.1, -0.05) is 26.2 Å². The molecule has 0 aromatic heterocycles. The van der Waals surface area contributed by atoms with E-state index in [0.29, 0.717) is 11.8 Å². The maximum absolute atomic E-state index is 12.1. The van der Waals surface area contributed by atoms with Crippen LogP contribution in [0, 0.1) is 17.3 Å². The van der Waals surface area contributed by atoms with E-state index in [1.807, 2.05) is 0 Å². The highest BCUT2D eigenvalue weighted by atomic mass is 16.3. The molecular weight excluding hydrogens is 268 g/mol. The standard InChI is InChI=1S/C15H26N2O.CH2O2/c1-12-9-17(10-13-5-3-2-4-6-13)11-15(12)7-8-16-14(15)18;2-1-3/h12-13H,2-11H2,1H3,(H,16,18);1H,(H,2,3)/t12-,15-;/m1./s1. The van der Waals surface area contributed by atoms with Gasteiger partial charge < -0.3 is 15.3 Å². The first-order chi connectivity index (χ1) is 10.1. The predicted molar refractivity (Wildman–Crippen MR) is 80.9 cm³/mol. The number of nitrogens with one attached hydrogen (secondary N) is 1. The number of carbonyl (C=O) groups is 2. The first kappa shape index (κ1) is 16.3. The lowest BCUT2D eigenvalue weighted by Crippen LogP contribution is -2.38. The van der Waals surface area contributed by atoms with Crippen molar-refractivity contribution in [3.63, 3.8) is 0 Å². The normalized spacial score (nSPS) is 33.6. The van der Waals surface area contributed by atoms with Crippen LogP contribution in [0.3, 0.4) is 0 Å². The molecule has 3 fully saturated rings. The van der Waals surface area contributed by atoms with E-state index >= 15 is 0 Å². The molecule has 2 heterocycles. The number of rotatable bonds is 2. The molecule has 0 aromatic carbocycles. The third kappa shape index (κ3) is 3.57. The van der Waals surface area contributed by atoms with Crippen molar-refractivity contribution in [3.8, 4) is 0 Å². The topological polar surface area (TPSA) is 69.6 Å². The number of likely N-dealkylation sites (tertiary alicyclic amines) is 1. The molecule has 120 valence electrons. The summed E-state index contributed by atoms with van der Waals surface area (Å²) < 4.78 is 0. The van der Waals surface area contributed by atoms with Gasteiger partial charge in [0.15, 0.2) is 0 Å². The van der Waals surface area contributed by atoms with Crippen molar-refractivity contribution in [2.45, 2.75) is 45.4 Å². The van der Waals surface area contributed by atoms with E-state index in [1.165, 1.54) is 38.6 Å². The van der Waals surface area contributed by atoms with E-state index < -0.39 is 0 Å². The lowest BCUT2D eigenvalue weighted by atomic mass is 9.78. The van der Waals surface area contributed by atoms with Gasteiger partial charge in [-0.25, -0.2) is 0 Å². The fourth-order valence-corrected chi connectivity index (χ4v) is 4.37. The number of carboxylic acid groups (broad SMARTS) is 1. The van der Waals surface area contributed by atoms with Crippen molar-refractivity contribution in [1.29, 1.82) is 0 Å². The summed E-state index contributed by atoms with van der Waals surface area (Å²) in [5.74, 6) is 1.75. The minimum absolute atomic E-state index is 0.0470. The molecule has 3 aliphatic rings. The van der Waals surface area contributed by atoms with E-state index in [0.717, 1.165) is 32.0 Å². The third-order valence-electron chi connectivity index (χ3n) is 5.53. The maximum atomic E-state index is 12.1. The highest BCUT2D eigenvalue weighted by Crippen LogP contribution is 2.42. The number of amides is 1. The molecule has 0 aromatic rings. The largest absolute Gasteiger partial charge is 0.483 e. The van der Waals surface area contributed by atoms with Gasteiger partial charge in [0.25, 0.3) is 6.47 Å². The smallest absolute Gasteiger partial charge is 0.290 e. The van der Waals surface area contributed by atoms with Gasteiger partial charge in [-0.15, -0.1) is 0 Å². The van der Waals surface area contributed by atoms with Crippen molar-refractivity contribution >= 4 is 12.4 Å². The molecule has 5 nitrogen and oxygen atoms in total. The molecular formula is C16H28N2O3. The minimum atomic E-state index is -0.250. The van der Waals surface area contributed by atoms with Crippen molar-refractivity contribution in [2.75, 3.05) is 26.2 Å². The third-order valence-corrected chi connectivity index (χ3v) is 5.53. The van der Waals surface area contributed by atoms with E-state index in [9.17, 15) is 4.79 Å². The molecule has 2 saturated heterocycles. The summed E-state index contributed by atoms with van der Waals surface area (Å²) >= 11 is 0. The SMILES string of the molecule is C[C@@H]1CN(CC2CCCCC2)C[C@]12CCNC2=O.O=CO. The zero-order valence-electron chi connectivity index (χ0n) is 13.0. The van der Waals surface area contributed by atoms with Gasteiger partial charge in [-0.05, 0) is 31.1 Å². The second-order valence-electron chi connectivity index (χ2n) is 6.87. The molecule has 21 heavy (non-hydrogen) atoms. The Morgan fingerprint density at radius 2 is 2.05 bits per heavy atom. The Labute approximate surface area is 127 Å². The molecule has 2 atom stereocenters. The van der Waals surface area contributed by atoms with Crippen LogP contribution in [0.2, 0.25) is 0 Å². The van der Waals surface area contributed by atoms with E-state index in [2.05, 4.69) is 17.1 Å². The fourth-order valence-electron chi connectivity index (χ4n) is 4.37. The van der Waals surface area contributed by atoms with Crippen LogP contribution >= 0.6 is 0 Å². The molecule has 5 heteroatoms. The van der Waals surface area contributed by atoms with Crippen LogP contribution in [0.15, 0.2) is 0 Å². The molecule has 3 rings (SSSR count). The molecule has 1 amide bonds. The van der Waals surface area contributed by atoms with Crippen molar-refractivity contribution in [3.05, 3.63) is 0 Å². The van der Waals surface area contributed by atoms with Gasteiger partial charge in [-0.3, -0.25) is 9.59 Å². The fraction of sp³-hybridized carbons (Fsp3) is 0.875. The number of hydrogen-bond acceptors (Lipinski definition) is 3. The van der Waals surface area contributed by atoms with E-state index in [4.69, 9.17) is 9.90 Å². The zero-order valence-corrected chi connectivity index (χ0v) is 13.0.